The lowest BCUT2D eigenvalue weighted by atomic mass is 10.1. The normalized spacial score (nSPS) is 12.2. The number of aryl methyl sites for hydroxylation is 1. The second kappa shape index (κ2) is 13.9. The summed E-state index contributed by atoms with van der Waals surface area (Å²) < 4.78 is 13.2. The lowest BCUT2D eigenvalue weighted by molar-refractivity contribution is -0.113. The molecule has 0 aliphatic rings. The van der Waals surface area contributed by atoms with Crippen molar-refractivity contribution in [2.45, 2.75) is 59.0 Å². The van der Waals surface area contributed by atoms with Crippen LogP contribution in [0.1, 0.15) is 33.3 Å². The number of amides is 1. The first kappa shape index (κ1) is 33.2. The van der Waals surface area contributed by atoms with E-state index in [-0.39, 0.29) is 13.2 Å². The topological polar surface area (TPSA) is 124 Å². The van der Waals surface area contributed by atoms with E-state index in [2.05, 4.69) is 51.9 Å². The van der Waals surface area contributed by atoms with E-state index in [4.69, 9.17) is 14.5 Å². The molecule has 0 fully saturated rings. The van der Waals surface area contributed by atoms with Crippen molar-refractivity contribution in [1.29, 1.82) is 0 Å². The van der Waals surface area contributed by atoms with Crippen LogP contribution in [0.3, 0.4) is 0 Å². The van der Waals surface area contributed by atoms with Crippen molar-refractivity contribution < 1.29 is 19.1 Å². The molecule has 0 spiro atoms. The van der Waals surface area contributed by atoms with Gasteiger partial charge in [0.2, 0.25) is 5.95 Å². The van der Waals surface area contributed by atoms with Crippen LogP contribution in [0.4, 0.5) is 16.4 Å². The molecule has 45 heavy (non-hydrogen) atoms. The summed E-state index contributed by atoms with van der Waals surface area (Å²) in [5.41, 5.74) is 9.91. The van der Waals surface area contributed by atoms with Gasteiger partial charge in [-0.15, -0.1) is 5.54 Å². The zero-order valence-corrected chi connectivity index (χ0v) is 28.1. The molecular formula is C33H41N7O4Si. The summed E-state index contributed by atoms with van der Waals surface area (Å²) in [7, 11) is 0.375. The largest absolute Gasteiger partial charge is 0.492 e. The van der Waals surface area contributed by atoms with Crippen LogP contribution in [0.25, 0.3) is 22.0 Å². The fourth-order valence-corrected chi connectivity index (χ4v) is 4.65. The molecule has 236 valence electrons. The average molecular weight is 628 g/mol. The molecule has 2 aromatic heterocycles. The van der Waals surface area contributed by atoms with Crippen molar-refractivity contribution in [2.75, 3.05) is 18.5 Å². The Kier molecular flexibility index (Phi) is 10.3. The number of fused-ring (bicyclic) bond motifs is 1. The predicted molar refractivity (Wildman–Crippen MR) is 179 cm³/mol. The van der Waals surface area contributed by atoms with E-state index in [0.29, 0.717) is 18.0 Å². The van der Waals surface area contributed by atoms with Gasteiger partial charge in [0.15, 0.2) is 0 Å². The van der Waals surface area contributed by atoms with E-state index in [0.717, 1.165) is 33.3 Å². The quantitative estimate of drug-likeness (QED) is 0.0748. The first-order valence-corrected chi connectivity index (χ1v) is 18.2. The number of hydrogen-bond acceptors (Lipinski definition) is 9. The van der Waals surface area contributed by atoms with Crippen LogP contribution in [-0.4, -0.2) is 70.0 Å². The zero-order chi connectivity index (χ0) is 32.8. The number of anilines is 2. The SMILES string of the molecule is C[C@H](C=O)N(NCCOc1cc(Nc2ncc3cc(C#C[Si](C)(C)C)ccc3n2)cc(-c2cnn(C)c2)c1)C(=O)OC(C)(C)C. The molecule has 1 amide bonds. The van der Waals surface area contributed by atoms with Crippen molar-refractivity contribution in [3.63, 3.8) is 0 Å². The van der Waals surface area contributed by atoms with Gasteiger partial charge in [0.05, 0.1) is 11.7 Å². The number of hydrazine groups is 1. The van der Waals surface area contributed by atoms with Crippen molar-refractivity contribution in [3.05, 3.63) is 60.6 Å². The Morgan fingerprint density at radius 1 is 1.13 bits per heavy atom. The molecule has 0 saturated carbocycles. The van der Waals surface area contributed by atoms with Gasteiger partial charge >= 0.3 is 6.09 Å². The van der Waals surface area contributed by atoms with Crippen molar-refractivity contribution in [3.8, 4) is 28.3 Å². The second-order valence-electron chi connectivity index (χ2n) is 12.7. The molecule has 12 heteroatoms. The van der Waals surface area contributed by atoms with E-state index in [9.17, 15) is 9.59 Å². The third kappa shape index (κ3) is 9.89. The summed E-state index contributed by atoms with van der Waals surface area (Å²) in [4.78, 5) is 33.3. The monoisotopic (exact) mass is 627 g/mol. The summed E-state index contributed by atoms with van der Waals surface area (Å²) in [6.45, 7) is 14.0. The first-order chi connectivity index (χ1) is 21.2. The maximum Gasteiger partial charge on any atom is 0.425 e. The number of ether oxygens (including phenoxy) is 2. The van der Waals surface area contributed by atoms with Gasteiger partial charge in [-0.1, -0.05) is 25.6 Å². The Morgan fingerprint density at radius 3 is 2.58 bits per heavy atom. The van der Waals surface area contributed by atoms with Gasteiger partial charge in [-0.25, -0.2) is 25.2 Å². The Morgan fingerprint density at radius 2 is 1.91 bits per heavy atom. The summed E-state index contributed by atoms with van der Waals surface area (Å²) in [6, 6.07) is 11.0. The maximum absolute atomic E-state index is 12.6. The number of nitrogens with one attached hydrogen (secondary N) is 2. The minimum absolute atomic E-state index is 0.205. The number of benzene rings is 2. The Bertz CT molecular complexity index is 1730. The molecule has 0 unspecified atom stereocenters. The Hall–Kier alpha value is -4.73. The standard InChI is InChI=1S/C33H41N7O4Si/c1-23(22-41)40(32(42)44-33(2,3)4)35-12-13-43-29-17-25(27-20-36-39(5)21-27)16-28(18-29)37-31-34-19-26-15-24(9-10-30(26)38-31)11-14-45(6,7)8/h9-10,15-23,35H,12-13H2,1-8H3,(H,34,37,38)/t23-/m1/s1. The fourth-order valence-electron chi connectivity index (χ4n) is 4.13. The lowest BCUT2D eigenvalue weighted by Crippen LogP contribution is -2.52. The van der Waals surface area contributed by atoms with Crippen LogP contribution in [0, 0.1) is 11.5 Å². The number of carbonyl (C=O) groups excluding carboxylic acids is 2. The predicted octanol–water partition coefficient (Wildman–Crippen LogP) is 5.71. The van der Waals surface area contributed by atoms with Crippen LogP contribution in [-0.2, 0) is 16.6 Å². The Labute approximate surface area is 265 Å². The molecule has 4 aromatic rings. The van der Waals surface area contributed by atoms with E-state index in [1.54, 1.807) is 44.8 Å². The highest BCUT2D eigenvalue weighted by molar-refractivity contribution is 6.83. The molecule has 11 nitrogen and oxygen atoms in total. The van der Waals surface area contributed by atoms with Crippen LogP contribution < -0.4 is 15.5 Å². The number of aromatic nitrogens is 4. The van der Waals surface area contributed by atoms with Crippen LogP contribution in [0.5, 0.6) is 5.75 Å². The molecule has 2 heterocycles. The highest BCUT2D eigenvalue weighted by atomic mass is 28.3. The maximum atomic E-state index is 12.6. The molecule has 0 aliphatic carbocycles. The zero-order valence-electron chi connectivity index (χ0n) is 27.1. The highest BCUT2D eigenvalue weighted by Crippen LogP contribution is 2.30. The summed E-state index contributed by atoms with van der Waals surface area (Å²) in [5, 5.41) is 9.68. The van der Waals surface area contributed by atoms with E-state index < -0.39 is 25.8 Å². The van der Waals surface area contributed by atoms with Crippen LogP contribution >= 0.6 is 0 Å². The van der Waals surface area contributed by atoms with Gasteiger partial charge in [0, 0.05) is 54.3 Å². The fraction of sp³-hybridized carbons (Fsp3) is 0.364. The molecule has 0 aliphatic heterocycles. The number of aldehydes is 1. The molecule has 4 rings (SSSR count). The van der Waals surface area contributed by atoms with Crippen molar-refractivity contribution >= 4 is 43.0 Å². The third-order valence-corrected chi connectivity index (χ3v) is 7.08. The average Bonchev–Trinajstić information content (AvgIpc) is 3.40. The molecule has 0 saturated heterocycles. The van der Waals surface area contributed by atoms with Gasteiger partial charge in [-0.2, -0.15) is 5.10 Å². The molecule has 1 atom stereocenters. The smallest absolute Gasteiger partial charge is 0.425 e. The molecular weight excluding hydrogens is 586 g/mol. The number of nitrogens with zero attached hydrogens (tertiary/aromatic N) is 5. The van der Waals surface area contributed by atoms with Gasteiger partial charge < -0.3 is 19.6 Å². The lowest BCUT2D eigenvalue weighted by Gasteiger charge is -2.29. The van der Waals surface area contributed by atoms with Gasteiger partial charge in [0.1, 0.15) is 38.4 Å². The van der Waals surface area contributed by atoms with E-state index in [1.165, 1.54) is 5.01 Å². The minimum Gasteiger partial charge on any atom is -0.492 e. The van der Waals surface area contributed by atoms with Gasteiger partial charge in [-0.05, 0) is 63.6 Å². The summed E-state index contributed by atoms with van der Waals surface area (Å²) in [5.74, 6) is 4.31. The van der Waals surface area contributed by atoms with Gasteiger partial charge in [-0.3, -0.25) is 4.68 Å². The van der Waals surface area contributed by atoms with Crippen LogP contribution in [0.2, 0.25) is 19.6 Å². The third-order valence-electron chi connectivity index (χ3n) is 6.21. The van der Waals surface area contributed by atoms with E-state index >= 15 is 0 Å². The minimum atomic E-state index is -1.48. The number of hydrogen-bond donors (Lipinski definition) is 2. The van der Waals surface area contributed by atoms with Crippen molar-refractivity contribution in [1.82, 2.24) is 30.2 Å². The van der Waals surface area contributed by atoms with Crippen molar-refractivity contribution in [2.24, 2.45) is 7.05 Å². The number of rotatable bonds is 10. The summed E-state index contributed by atoms with van der Waals surface area (Å²) >= 11 is 0. The summed E-state index contributed by atoms with van der Waals surface area (Å²) in [6.07, 6.45) is 5.51. The molecule has 0 bridgehead atoms. The second-order valence-corrected chi connectivity index (χ2v) is 17.5. The Balaban J connectivity index is 1.51. The van der Waals surface area contributed by atoms with E-state index in [1.807, 2.05) is 49.6 Å². The molecule has 2 N–H and O–H groups in total. The molecule has 2 aromatic carbocycles. The highest BCUT2D eigenvalue weighted by Gasteiger charge is 2.25. The first-order valence-electron chi connectivity index (χ1n) is 14.7. The van der Waals surface area contributed by atoms with Gasteiger partial charge in [0.25, 0.3) is 0 Å². The number of carbonyl (C=O) groups is 2. The van der Waals surface area contributed by atoms with Crippen LogP contribution in [0.15, 0.2) is 55.0 Å². The molecule has 0 radical (unpaired) electrons.